The Hall–Kier alpha value is -2.85. The van der Waals surface area contributed by atoms with Crippen molar-refractivity contribution in [2.75, 3.05) is 14.2 Å². The molecule has 230 valence electrons. The van der Waals surface area contributed by atoms with Gasteiger partial charge in [-0.15, -0.1) is 0 Å². The van der Waals surface area contributed by atoms with Gasteiger partial charge in [0.25, 0.3) is 5.92 Å². The predicted octanol–water partition coefficient (Wildman–Crippen LogP) is 10.7. The van der Waals surface area contributed by atoms with Gasteiger partial charge in [0.15, 0.2) is 0 Å². The number of aryl methyl sites for hydroxylation is 1. The van der Waals surface area contributed by atoms with E-state index in [2.05, 4.69) is 37.3 Å². The second kappa shape index (κ2) is 19.3. The van der Waals surface area contributed by atoms with Crippen LogP contribution in [0.5, 0.6) is 11.5 Å². The van der Waals surface area contributed by atoms with Crippen molar-refractivity contribution in [1.29, 1.82) is 0 Å². The Bertz CT molecular complexity index is 964. The fourth-order valence-electron chi connectivity index (χ4n) is 3.65. The molecule has 2 aromatic carbocycles. The first-order chi connectivity index (χ1) is 18.8. The molecule has 2 unspecified atom stereocenters. The standard InChI is InChI=1S/C20H22O2.C5H5F7.2C2H6.F2/c1-14-19(15-7-9-17(21-2)10-8-15)6-4-5-16-13-18(22-3)11-12-20(14)16;1-4(8,9)2(6)3(7)5(10,11)12;3*1-2/h7-13H,4-6H2,1-3H3;2-3H,1H3;2*1-2H3;. The molecule has 0 aromatic heterocycles. The fraction of sp³-hybridized carbons (Fsp3) is 0.517. The van der Waals surface area contributed by atoms with Crippen LogP contribution in [0.3, 0.4) is 0 Å². The van der Waals surface area contributed by atoms with Gasteiger partial charge in [0.05, 0.1) is 14.2 Å². The molecule has 2 nitrogen and oxygen atoms in total. The highest BCUT2D eigenvalue weighted by molar-refractivity contribution is 5.91. The number of alkyl halides is 7. The Balaban J connectivity index is 0. The lowest BCUT2D eigenvalue weighted by molar-refractivity contribution is -0.222. The Kier molecular flexibility index (Phi) is 18.9. The molecule has 0 saturated heterocycles. The van der Waals surface area contributed by atoms with Crippen LogP contribution in [-0.2, 0) is 6.42 Å². The molecule has 0 spiro atoms. The van der Waals surface area contributed by atoms with Gasteiger partial charge in [0.2, 0.25) is 12.3 Å². The van der Waals surface area contributed by atoms with Gasteiger partial charge in [-0.05, 0) is 78.3 Å². The summed E-state index contributed by atoms with van der Waals surface area (Å²) in [6, 6.07) is 14.8. The molecular weight excluding hydrogens is 551 g/mol. The molecular formula is C29H39F9O2. The number of rotatable bonds is 5. The molecule has 11 heteroatoms. The molecule has 0 fully saturated rings. The lowest BCUT2D eigenvalue weighted by atomic mass is 9.94. The van der Waals surface area contributed by atoms with E-state index in [1.54, 1.807) is 14.2 Å². The lowest BCUT2D eigenvalue weighted by Gasteiger charge is -2.21. The number of allylic oxidation sites excluding steroid dienone is 2. The Labute approximate surface area is 231 Å². The van der Waals surface area contributed by atoms with Crippen molar-refractivity contribution in [3.8, 4) is 11.5 Å². The van der Waals surface area contributed by atoms with Crippen molar-refractivity contribution in [1.82, 2.24) is 0 Å². The minimum atomic E-state index is -5.58. The predicted molar refractivity (Wildman–Crippen MR) is 143 cm³/mol. The summed E-state index contributed by atoms with van der Waals surface area (Å²) < 4.78 is 108. The molecule has 0 saturated carbocycles. The smallest absolute Gasteiger partial charge is 0.422 e. The quantitative estimate of drug-likeness (QED) is 0.323. The van der Waals surface area contributed by atoms with Gasteiger partial charge >= 0.3 is 6.18 Å². The molecule has 0 heterocycles. The van der Waals surface area contributed by atoms with Gasteiger partial charge in [-0.3, -0.25) is 0 Å². The zero-order chi connectivity index (χ0) is 31.7. The monoisotopic (exact) mass is 590 g/mol. The third-order valence-corrected chi connectivity index (χ3v) is 5.53. The summed E-state index contributed by atoms with van der Waals surface area (Å²) in [7, 11) is 3.43. The summed E-state index contributed by atoms with van der Waals surface area (Å²) in [5.74, 6) is -2.48. The first-order valence-corrected chi connectivity index (χ1v) is 12.7. The number of hydrogen-bond acceptors (Lipinski definition) is 2. The van der Waals surface area contributed by atoms with Crippen LogP contribution in [0.1, 0.15) is 71.1 Å². The van der Waals surface area contributed by atoms with Crippen LogP contribution in [0.4, 0.5) is 39.9 Å². The van der Waals surface area contributed by atoms with Crippen molar-refractivity contribution in [2.24, 2.45) is 0 Å². The molecule has 0 bridgehead atoms. The third-order valence-electron chi connectivity index (χ3n) is 5.53. The second-order valence-electron chi connectivity index (χ2n) is 8.01. The largest absolute Gasteiger partial charge is 0.497 e. The Morgan fingerprint density at radius 1 is 0.725 bits per heavy atom. The van der Waals surface area contributed by atoms with Crippen molar-refractivity contribution in [2.45, 2.75) is 85.2 Å². The summed E-state index contributed by atoms with van der Waals surface area (Å²) in [5.41, 5.74) is 6.85. The summed E-state index contributed by atoms with van der Waals surface area (Å²) in [5, 5.41) is 0. The van der Waals surface area contributed by atoms with E-state index in [1.807, 2.05) is 39.8 Å². The van der Waals surface area contributed by atoms with Crippen molar-refractivity contribution in [3.05, 3.63) is 59.2 Å². The van der Waals surface area contributed by atoms with E-state index in [4.69, 9.17) is 18.6 Å². The van der Waals surface area contributed by atoms with Gasteiger partial charge in [-0.1, -0.05) is 45.9 Å². The van der Waals surface area contributed by atoms with Gasteiger partial charge in [0, 0.05) is 16.1 Å². The van der Waals surface area contributed by atoms with E-state index in [9.17, 15) is 30.7 Å². The minimum Gasteiger partial charge on any atom is -0.497 e. The first kappa shape index (κ1) is 39.3. The van der Waals surface area contributed by atoms with E-state index >= 15 is 0 Å². The van der Waals surface area contributed by atoms with Gasteiger partial charge in [-0.25, -0.2) is 17.6 Å². The van der Waals surface area contributed by atoms with Gasteiger partial charge in [0.1, 0.15) is 11.5 Å². The maximum atomic E-state index is 12.0. The third kappa shape index (κ3) is 12.1. The summed E-state index contributed by atoms with van der Waals surface area (Å²) >= 11 is 0. The van der Waals surface area contributed by atoms with Crippen LogP contribution in [-0.4, -0.2) is 38.7 Å². The maximum absolute atomic E-state index is 12.0. The normalized spacial score (nSPS) is 14.0. The van der Waals surface area contributed by atoms with E-state index in [-0.39, 0.29) is 6.92 Å². The van der Waals surface area contributed by atoms with Crippen molar-refractivity contribution in [3.63, 3.8) is 0 Å². The number of methoxy groups -OCH3 is 2. The average molecular weight is 591 g/mol. The minimum absolute atomic E-state index is 0.115. The topological polar surface area (TPSA) is 18.5 Å². The number of hydrogen-bond donors (Lipinski definition) is 0. The molecule has 2 atom stereocenters. The van der Waals surface area contributed by atoms with Crippen LogP contribution in [0.2, 0.25) is 0 Å². The highest BCUT2D eigenvalue weighted by atomic mass is 20.0. The van der Waals surface area contributed by atoms with Crippen LogP contribution in [0.25, 0.3) is 11.1 Å². The summed E-state index contributed by atoms with van der Waals surface area (Å²) in [4.78, 5) is 0. The van der Waals surface area contributed by atoms with E-state index < -0.39 is 24.4 Å². The fourth-order valence-corrected chi connectivity index (χ4v) is 3.65. The van der Waals surface area contributed by atoms with Crippen LogP contribution >= 0.6 is 0 Å². The zero-order valence-corrected chi connectivity index (χ0v) is 24.0. The van der Waals surface area contributed by atoms with Crippen LogP contribution in [0.15, 0.2) is 42.5 Å². The highest BCUT2D eigenvalue weighted by Crippen LogP contribution is 2.37. The van der Waals surface area contributed by atoms with E-state index in [0.717, 1.165) is 24.3 Å². The lowest BCUT2D eigenvalue weighted by Crippen LogP contribution is -2.43. The van der Waals surface area contributed by atoms with Gasteiger partial charge in [-0.2, -0.15) is 13.2 Å². The van der Waals surface area contributed by atoms with Crippen LogP contribution in [0, 0.1) is 0 Å². The van der Waals surface area contributed by atoms with E-state index in [0.29, 0.717) is 0 Å². The number of ether oxygens (including phenoxy) is 2. The van der Waals surface area contributed by atoms with E-state index in [1.165, 1.54) is 34.3 Å². The zero-order valence-electron chi connectivity index (χ0n) is 24.0. The van der Waals surface area contributed by atoms with Crippen molar-refractivity contribution >= 4 is 11.1 Å². The Morgan fingerprint density at radius 2 is 1.20 bits per heavy atom. The molecule has 2 aromatic rings. The molecule has 0 N–H and O–H groups in total. The summed E-state index contributed by atoms with van der Waals surface area (Å²) in [6.45, 7) is 10.1. The van der Waals surface area contributed by atoms with Gasteiger partial charge < -0.3 is 9.47 Å². The second-order valence-corrected chi connectivity index (χ2v) is 8.01. The molecule has 3 rings (SSSR count). The number of fused-ring (bicyclic) bond motifs is 1. The average Bonchev–Trinajstić information content (AvgIpc) is 3.12. The van der Waals surface area contributed by atoms with Crippen molar-refractivity contribution < 1.29 is 49.4 Å². The Morgan fingerprint density at radius 3 is 1.60 bits per heavy atom. The number of halogens is 9. The number of benzene rings is 2. The molecule has 0 amide bonds. The first-order valence-electron chi connectivity index (χ1n) is 12.7. The molecule has 0 aliphatic heterocycles. The molecule has 40 heavy (non-hydrogen) atoms. The van der Waals surface area contributed by atoms with Crippen LogP contribution < -0.4 is 9.47 Å². The highest BCUT2D eigenvalue weighted by Gasteiger charge is 2.54. The molecule has 1 aliphatic carbocycles. The maximum Gasteiger partial charge on any atom is 0.422 e. The summed E-state index contributed by atoms with van der Waals surface area (Å²) in [6.07, 6.45) is -10.2. The SMILES string of the molecule is CC.CC.CC(F)(F)C(F)C(F)C(F)(F)F.COc1ccc(C2=C(C)c3ccc(OC)cc3CCC2)cc1.FF. The molecule has 1 aliphatic rings. The molecule has 0 radical (unpaired) electrons.